The van der Waals surface area contributed by atoms with Gasteiger partial charge in [0.05, 0.1) is 12.0 Å². The molecule has 5 atom stereocenters. The van der Waals surface area contributed by atoms with Crippen LogP contribution in [0.2, 0.25) is 0 Å². The van der Waals surface area contributed by atoms with E-state index >= 15 is 0 Å². The van der Waals surface area contributed by atoms with Crippen molar-refractivity contribution >= 4 is 0 Å². The second kappa shape index (κ2) is 6.75. The van der Waals surface area contributed by atoms with Crippen LogP contribution in [0.4, 0.5) is 0 Å². The first-order valence-electron chi connectivity index (χ1n) is 8.29. The average molecular weight is 262 g/mol. The summed E-state index contributed by atoms with van der Waals surface area (Å²) in [4.78, 5) is 2.65. The van der Waals surface area contributed by atoms with Crippen molar-refractivity contribution in [2.24, 2.45) is 23.7 Å². The quantitative estimate of drug-likeness (QED) is 0.766. The minimum absolute atomic E-state index is 0.286. The molecule has 19 heavy (non-hydrogen) atoms. The van der Waals surface area contributed by atoms with E-state index in [0.717, 1.165) is 24.2 Å². The zero-order valence-corrected chi connectivity index (χ0v) is 12.9. The lowest BCUT2D eigenvalue weighted by molar-refractivity contribution is 0.0438. The summed E-state index contributed by atoms with van der Waals surface area (Å²) in [7, 11) is 0. The highest BCUT2D eigenvalue weighted by molar-refractivity contribution is 4.98. The SMILES string of the molecule is CCCC1CCC(C#N)C(N2CCC(C)C(C)C2)C1. The van der Waals surface area contributed by atoms with Gasteiger partial charge in [0.25, 0.3) is 0 Å². The molecule has 1 heterocycles. The second-order valence-electron chi connectivity index (χ2n) is 7.01. The third kappa shape index (κ3) is 3.51. The number of likely N-dealkylation sites (tertiary alicyclic amines) is 1. The molecule has 0 aromatic heterocycles. The zero-order chi connectivity index (χ0) is 13.8. The highest BCUT2D eigenvalue weighted by Crippen LogP contribution is 2.36. The van der Waals surface area contributed by atoms with Gasteiger partial charge in [0.1, 0.15) is 0 Å². The third-order valence-corrected chi connectivity index (χ3v) is 5.62. The Morgan fingerprint density at radius 2 is 1.95 bits per heavy atom. The van der Waals surface area contributed by atoms with Crippen molar-refractivity contribution in [2.75, 3.05) is 13.1 Å². The number of piperidine rings is 1. The van der Waals surface area contributed by atoms with E-state index in [1.807, 2.05) is 0 Å². The van der Waals surface area contributed by atoms with Crippen molar-refractivity contribution in [1.29, 1.82) is 5.26 Å². The van der Waals surface area contributed by atoms with Gasteiger partial charge in [-0.2, -0.15) is 5.26 Å². The molecule has 108 valence electrons. The Morgan fingerprint density at radius 3 is 2.58 bits per heavy atom. The van der Waals surface area contributed by atoms with Crippen LogP contribution in [0, 0.1) is 35.0 Å². The second-order valence-corrected chi connectivity index (χ2v) is 7.01. The Morgan fingerprint density at radius 1 is 1.16 bits per heavy atom. The van der Waals surface area contributed by atoms with Crippen LogP contribution in [0.3, 0.4) is 0 Å². The minimum atomic E-state index is 0.286. The normalized spacial score (nSPS) is 40.8. The number of nitriles is 1. The topological polar surface area (TPSA) is 27.0 Å². The first-order chi connectivity index (χ1) is 9.15. The molecule has 2 heteroatoms. The van der Waals surface area contributed by atoms with E-state index in [4.69, 9.17) is 0 Å². The molecule has 0 spiro atoms. The van der Waals surface area contributed by atoms with Gasteiger partial charge in [0, 0.05) is 12.6 Å². The van der Waals surface area contributed by atoms with Crippen LogP contribution in [-0.2, 0) is 0 Å². The van der Waals surface area contributed by atoms with Crippen LogP contribution in [0.25, 0.3) is 0 Å². The highest BCUT2D eigenvalue weighted by Gasteiger charge is 2.36. The third-order valence-electron chi connectivity index (χ3n) is 5.62. The first-order valence-corrected chi connectivity index (χ1v) is 8.29. The van der Waals surface area contributed by atoms with Crippen LogP contribution >= 0.6 is 0 Å². The van der Waals surface area contributed by atoms with Gasteiger partial charge in [-0.15, -0.1) is 0 Å². The molecule has 1 saturated heterocycles. The summed E-state index contributed by atoms with van der Waals surface area (Å²) in [5.74, 6) is 2.80. The maximum atomic E-state index is 9.45. The van der Waals surface area contributed by atoms with E-state index in [2.05, 4.69) is 31.7 Å². The van der Waals surface area contributed by atoms with Crippen LogP contribution in [0.15, 0.2) is 0 Å². The molecule has 2 fully saturated rings. The monoisotopic (exact) mass is 262 g/mol. The summed E-state index contributed by atoms with van der Waals surface area (Å²) < 4.78 is 0. The zero-order valence-electron chi connectivity index (χ0n) is 12.9. The standard InChI is InChI=1S/C17H30N2/c1-4-5-15-6-7-16(11-18)17(10-15)19-9-8-13(2)14(3)12-19/h13-17H,4-10,12H2,1-3H3. The van der Waals surface area contributed by atoms with Gasteiger partial charge in [-0.05, 0) is 50.0 Å². The molecule has 1 aliphatic carbocycles. The molecule has 0 radical (unpaired) electrons. The number of hydrogen-bond acceptors (Lipinski definition) is 2. The summed E-state index contributed by atoms with van der Waals surface area (Å²) in [5.41, 5.74) is 0. The smallest absolute Gasteiger partial charge is 0.0672 e. The van der Waals surface area contributed by atoms with Crippen molar-refractivity contribution in [3.63, 3.8) is 0 Å². The largest absolute Gasteiger partial charge is 0.299 e. The predicted molar refractivity (Wildman–Crippen MR) is 79.7 cm³/mol. The molecule has 5 unspecified atom stereocenters. The number of nitrogens with zero attached hydrogens (tertiary/aromatic N) is 2. The molecule has 1 aliphatic heterocycles. The van der Waals surface area contributed by atoms with Gasteiger partial charge in [-0.25, -0.2) is 0 Å². The summed E-state index contributed by atoms with van der Waals surface area (Å²) >= 11 is 0. The van der Waals surface area contributed by atoms with Gasteiger partial charge in [-0.1, -0.05) is 33.6 Å². The fraction of sp³-hybridized carbons (Fsp3) is 0.941. The minimum Gasteiger partial charge on any atom is -0.299 e. The Bertz CT molecular complexity index is 320. The number of hydrogen-bond donors (Lipinski definition) is 0. The fourth-order valence-electron chi connectivity index (χ4n) is 4.05. The first kappa shape index (κ1) is 14.9. The summed E-state index contributed by atoms with van der Waals surface area (Å²) in [5, 5.41) is 9.45. The molecule has 0 aromatic carbocycles. The summed E-state index contributed by atoms with van der Waals surface area (Å²) in [6, 6.07) is 3.14. The molecule has 0 N–H and O–H groups in total. The predicted octanol–water partition coefficient (Wildman–Crippen LogP) is 4.07. The summed E-state index contributed by atoms with van der Waals surface area (Å²) in [6.45, 7) is 9.47. The van der Waals surface area contributed by atoms with Gasteiger partial charge in [0.2, 0.25) is 0 Å². The maximum Gasteiger partial charge on any atom is 0.0672 e. The van der Waals surface area contributed by atoms with Crippen molar-refractivity contribution in [3.8, 4) is 6.07 Å². The molecular weight excluding hydrogens is 232 g/mol. The van der Waals surface area contributed by atoms with E-state index in [1.54, 1.807) is 0 Å². The van der Waals surface area contributed by atoms with Gasteiger partial charge >= 0.3 is 0 Å². The van der Waals surface area contributed by atoms with Crippen molar-refractivity contribution in [1.82, 2.24) is 4.90 Å². The van der Waals surface area contributed by atoms with Crippen LogP contribution < -0.4 is 0 Å². The highest BCUT2D eigenvalue weighted by atomic mass is 15.2. The van der Waals surface area contributed by atoms with Crippen molar-refractivity contribution in [3.05, 3.63) is 0 Å². The Hall–Kier alpha value is -0.550. The molecule has 0 aromatic rings. The Kier molecular flexibility index (Phi) is 5.28. The molecule has 0 amide bonds. The lowest BCUT2D eigenvalue weighted by Gasteiger charge is -2.45. The van der Waals surface area contributed by atoms with E-state index in [0.29, 0.717) is 6.04 Å². The lowest BCUT2D eigenvalue weighted by Crippen LogP contribution is -2.49. The Balaban J connectivity index is 2.00. The van der Waals surface area contributed by atoms with E-state index < -0.39 is 0 Å². The average Bonchev–Trinajstić information content (AvgIpc) is 2.42. The molecular formula is C17H30N2. The van der Waals surface area contributed by atoms with E-state index in [9.17, 15) is 5.26 Å². The molecule has 2 aliphatic rings. The molecule has 2 rings (SSSR count). The maximum absolute atomic E-state index is 9.45. The van der Waals surface area contributed by atoms with Gasteiger partial charge in [-0.3, -0.25) is 4.90 Å². The van der Waals surface area contributed by atoms with Crippen molar-refractivity contribution in [2.45, 2.75) is 65.3 Å². The molecule has 1 saturated carbocycles. The van der Waals surface area contributed by atoms with E-state index in [-0.39, 0.29) is 5.92 Å². The molecule has 2 nitrogen and oxygen atoms in total. The van der Waals surface area contributed by atoms with Gasteiger partial charge < -0.3 is 0 Å². The van der Waals surface area contributed by atoms with Crippen LogP contribution in [0.5, 0.6) is 0 Å². The summed E-state index contributed by atoms with van der Waals surface area (Å²) in [6.07, 6.45) is 7.65. The van der Waals surface area contributed by atoms with Crippen LogP contribution in [0.1, 0.15) is 59.3 Å². The lowest BCUT2D eigenvalue weighted by atomic mass is 9.75. The van der Waals surface area contributed by atoms with Crippen molar-refractivity contribution < 1.29 is 0 Å². The molecule has 0 bridgehead atoms. The van der Waals surface area contributed by atoms with Gasteiger partial charge in [0.15, 0.2) is 0 Å². The van der Waals surface area contributed by atoms with Crippen LogP contribution in [-0.4, -0.2) is 24.0 Å². The fourth-order valence-corrected chi connectivity index (χ4v) is 4.05. The van der Waals surface area contributed by atoms with E-state index in [1.165, 1.54) is 45.2 Å². The number of rotatable bonds is 3. The Labute approximate surface area is 119 Å².